The molecule has 1 aromatic rings. The number of carbonyl (C=O) groups is 2. The summed E-state index contributed by atoms with van der Waals surface area (Å²) in [6.45, 7) is 1.05. The summed E-state index contributed by atoms with van der Waals surface area (Å²) >= 11 is 6.67. The van der Waals surface area contributed by atoms with Crippen LogP contribution in [0.5, 0.6) is 0 Å². The summed E-state index contributed by atoms with van der Waals surface area (Å²) in [7, 11) is 0. The molecule has 2 rings (SSSR count). The predicted molar refractivity (Wildman–Crippen MR) is 73.5 cm³/mol. The van der Waals surface area contributed by atoms with Gasteiger partial charge in [0.05, 0.1) is 6.42 Å². The zero-order valence-corrected chi connectivity index (χ0v) is 12.6. The molecule has 1 aromatic carbocycles. The summed E-state index contributed by atoms with van der Waals surface area (Å²) in [4.78, 5) is 24.3. The van der Waals surface area contributed by atoms with Crippen molar-refractivity contribution in [3.63, 3.8) is 0 Å². The number of benzene rings is 1. The van der Waals surface area contributed by atoms with E-state index in [2.05, 4.69) is 31.9 Å². The van der Waals surface area contributed by atoms with Crippen LogP contribution in [0.3, 0.4) is 0 Å². The van der Waals surface area contributed by atoms with E-state index in [1.54, 1.807) is 17.0 Å². The molecule has 1 saturated heterocycles. The predicted octanol–water partition coefficient (Wildman–Crippen LogP) is 2.76. The van der Waals surface area contributed by atoms with Gasteiger partial charge < -0.3 is 10.0 Å². The second kappa shape index (κ2) is 5.40. The van der Waals surface area contributed by atoms with E-state index >= 15 is 0 Å². The van der Waals surface area contributed by atoms with Crippen LogP contribution in [0.25, 0.3) is 0 Å². The van der Waals surface area contributed by atoms with Crippen molar-refractivity contribution in [2.24, 2.45) is 5.92 Å². The maximum Gasteiger partial charge on any atom is 0.303 e. The SMILES string of the molecule is O=C(O)CC1CN(C(=O)c2cc(Br)cc(Br)c2)C1. The fourth-order valence-electron chi connectivity index (χ4n) is 1.97. The highest BCUT2D eigenvalue weighted by molar-refractivity contribution is 9.11. The zero-order chi connectivity index (χ0) is 13.3. The Morgan fingerprint density at radius 3 is 2.28 bits per heavy atom. The first kappa shape index (κ1) is 13.5. The molecule has 1 aliphatic rings. The summed E-state index contributed by atoms with van der Waals surface area (Å²) in [5.41, 5.74) is 0.602. The molecule has 0 spiro atoms. The number of nitrogens with zero attached hydrogens (tertiary/aromatic N) is 1. The number of hydrogen-bond acceptors (Lipinski definition) is 2. The number of carboxylic acids is 1. The molecule has 4 nitrogen and oxygen atoms in total. The molecule has 0 unspecified atom stereocenters. The van der Waals surface area contributed by atoms with Crippen molar-refractivity contribution >= 4 is 43.7 Å². The van der Waals surface area contributed by atoms with E-state index < -0.39 is 5.97 Å². The van der Waals surface area contributed by atoms with Gasteiger partial charge in [0.15, 0.2) is 0 Å². The Bertz CT molecular complexity index is 478. The molecule has 0 radical (unpaired) electrons. The van der Waals surface area contributed by atoms with Crippen LogP contribution in [-0.2, 0) is 4.79 Å². The largest absolute Gasteiger partial charge is 0.481 e. The molecular weight excluding hydrogens is 366 g/mol. The van der Waals surface area contributed by atoms with Crippen LogP contribution in [0, 0.1) is 5.92 Å². The lowest BCUT2D eigenvalue weighted by molar-refractivity contribution is -0.139. The smallest absolute Gasteiger partial charge is 0.303 e. The zero-order valence-electron chi connectivity index (χ0n) is 9.40. The quantitative estimate of drug-likeness (QED) is 0.882. The summed E-state index contributed by atoms with van der Waals surface area (Å²) in [6.07, 6.45) is 0.131. The number of carbonyl (C=O) groups excluding carboxylic acids is 1. The number of amides is 1. The normalized spacial score (nSPS) is 15.3. The van der Waals surface area contributed by atoms with Crippen LogP contribution < -0.4 is 0 Å². The molecule has 1 heterocycles. The van der Waals surface area contributed by atoms with Crippen LogP contribution in [0.1, 0.15) is 16.8 Å². The molecule has 0 saturated carbocycles. The van der Waals surface area contributed by atoms with Gasteiger partial charge >= 0.3 is 5.97 Å². The van der Waals surface area contributed by atoms with Gasteiger partial charge in [-0.05, 0) is 18.2 Å². The minimum absolute atomic E-state index is 0.0568. The van der Waals surface area contributed by atoms with Crippen molar-refractivity contribution in [3.8, 4) is 0 Å². The second-order valence-electron chi connectivity index (χ2n) is 4.33. The van der Waals surface area contributed by atoms with Crippen molar-refractivity contribution in [3.05, 3.63) is 32.7 Å². The molecule has 1 fully saturated rings. The van der Waals surface area contributed by atoms with Crippen LogP contribution >= 0.6 is 31.9 Å². The third-order valence-electron chi connectivity index (χ3n) is 2.82. The number of hydrogen-bond donors (Lipinski definition) is 1. The van der Waals surface area contributed by atoms with Crippen molar-refractivity contribution in [1.82, 2.24) is 4.90 Å². The van der Waals surface area contributed by atoms with Gasteiger partial charge in [-0.1, -0.05) is 31.9 Å². The Labute approximate surface area is 121 Å². The minimum Gasteiger partial charge on any atom is -0.481 e. The molecule has 1 amide bonds. The molecule has 18 heavy (non-hydrogen) atoms. The fourth-order valence-corrected chi connectivity index (χ4v) is 3.27. The Morgan fingerprint density at radius 2 is 1.78 bits per heavy atom. The summed E-state index contributed by atoms with van der Waals surface area (Å²) in [5, 5.41) is 8.65. The van der Waals surface area contributed by atoms with E-state index in [0.717, 1.165) is 8.95 Å². The van der Waals surface area contributed by atoms with Gasteiger partial charge in [-0.2, -0.15) is 0 Å². The van der Waals surface area contributed by atoms with Crippen molar-refractivity contribution in [2.45, 2.75) is 6.42 Å². The standard InChI is InChI=1S/C12H11Br2NO3/c13-9-2-8(3-10(14)4-9)12(18)15-5-7(6-15)1-11(16)17/h2-4,7H,1,5-6H2,(H,16,17). The topological polar surface area (TPSA) is 57.6 Å². The Balaban J connectivity index is 1.99. The number of halogens is 2. The van der Waals surface area contributed by atoms with Gasteiger partial charge in [0.25, 0.3) is 5.91 Å². The highest BCUT2D eigenvalue weighted by Gasteiger charge is 2.32. The highest BCUT2D eigenvalue weighted by atomic mass is 79.9. The number of likely N-dealkylation sites (tertiary alicyclic amines) is 1. The summed E-state index contributed by atoms with van der Waals surface area (Å²) in [5.74, 6) is -0.780. The lowest BCUT2D eigenvalue weighted by Crippen LogP contribution is -2.50. The minimum atomic E-state index is -0.808. The molecule has 1 N–H and O–H groups in total. The van der Waals surface area contributed by atoms with E-state index in [0.29, 0.717) is 18.7 Å². The lowest BCUT2D eigenvalue weighted by atomic mass is 9.95. The summed E-state index contributed by atoms with van der Waals surface area (Å²) in [6, 6.07) is 5.38. The third kappa shape index (κ3) is 3.11. The van der Waals surface area contributed by atoms with Gasteiger partial charge in [-0.25, -0.2) is 0 Å². The second-order valence-corrected chi connectivity index (χ2v) is 6.16. The first-order valence-corrected chi connectivity index (χ1v) is 7.01. The molecule has 0 aliphatic carbocycles. The first-order valence-electron chi connectivity index (χ1n) is 5.43. The van der Waals surface area contributed by atoms with Crippen molar-refractivity contribution in [1.29, 1.82) is 0 Å². The Hall–Kier alpha value is -0.880. The molecule has 96 valence electrons. The fraction of sp³-hybridized carbons (Fsp3) is 0.333. The highest BCUT2D eigenvalue weighted by Crippen LogP contribution is 2.25. The monoisotopic (exact) mass is 375 g/mol. The van der Waals surface area contributed by atoms with Gasteiger partial charge in [-0.3, -0.25) is 9.59 Å². The molecule has 6 heteroatoms. The average Bonchev–Trinajstić information content (AvgIpc) is 2.20. The van der Waals surface area contributed by atoms with Gasteiger partial charge in [0.1, 0.15) is 0 Å². The van der Waals surface area contributed by atoms with E-state index in [1.165, 1.54) is 0 Å². The summed E-state index contributed by atoms with van der Waals surface area (Å²) < 4.78 is 1.67. The van der Waals surface area contributed by atoms with Crippen LogP contribution in [0.4, 0.5) is 0 Å². The maximum atomic E-state index is 12.1. The number of aliphatic carboxylic acids is 1. The van der Waals surface area contributed by atoms with Crippen LogP contribution in [-0.4, -0.2) is 35.0 Å². The maximum absolute atomic E-state index is 12.1. The van der Waals surface area contributed by atoms with Crippen molar-refractivity contribution in [2.75, 3.05) is 13.1 Å². The van der Waals surface area contributed by atoms with E-state index in [4.69, 9.17) is 5.11 Å². The van der Waals surface area contributed by atoms with E-state index in [-0.39, 0.29) is 18.2 Å². The first-order chi connectivity index (χ1) is 8.45. The molecule has 1 aliphatic heterocycles. The number of rotatable bonds is 3. The van der Waals surface area contributed by atoms with E-state index in [9.17, 15) is 9.59 Å². The number of carboxylic acid groups (broad SMARTS) is 1. The Kier molecular flexibility index (Phi) is 4.07. The van der Waals surface area contributed by atoms with Crippen LogP contribution in [0.2, 0.25) is 0 Å². The molecule has 0 aromatic heterocycles. The van der Waals surface area contributed by atoms with Gasteiger partial charge in [0, 0.05) is 33.5 Å². The molecule has 0 atom stereocenters. The molecular formula is C12H11Br2NO3. The van der Waals surface area contributed by atoms with Crippen LogP contribution in [0.15, 0.2) is 27.1 Å². The average molecular weight is 377 g/mol. The Morgan fingerprint density at radius 1 is 1.22 bits per heavy atom. The molecule has 0 bridgehead atoms. The van der Waals surface area contributed by atoms with E-state index in [1.807, 2.05) is 6.07 Å². The van der Waals surface area contributed by atoms with Gasteiger partial charge in [-0.15, -0.1) is 0 Å². The van der Waals surface area contributed by atoms with Crippen molar-refractivity contribution < 1.29 is 14.7 Å². The van der Waals surface area contributed by atoms with Gasteiger partial charge in [0.2, 0.25) is 0 Å². The lowest BCUT2D eigenvalue weighted by Gasteiger charge is -2.38. The third-order valence-corrected chi connectivity index (χ3v) is 3.73.